The molecule has 3 aromatic rings. The maximum Gasteiger partial charge on any atom is 0.323 e. The van der Waals surface area contributed by atoms with Crippen molar-refractivity contribution in [2.24, 2.45) is 0 Å². The fourth-order valence-corrected chi connectivity index (χ4v) is 2.40. The molecule has 3 N–H and O–H groups in total. The predicted molar refractivity (Wildman–Crippen MR) is 106 cm³/mol. The van der Waals surface area contributed by atoms with Crippen LogP contribution in [0.25, 0.3) is 0 Å². The maximum atomic E-state index is 12.0. The molecule has 0 bridgehead atoms. The second-order valence-electron chi connectivity index (χ2n) is 5.57. The van der Waals surface area contributed by atoms with E-state index in [4.69, 9.17) is 9.47 Å². The van der Waals surface area contributed by atoms with Crippen molar-refractivity contribution >= 4 is 28.9 Å². The summed E-state index contributed by atoms with van der Waals surface area (Å²) in [4.78, 5) is 16.3. The number of urea groups is 1. The zero-order valence-corrected chi connectivity index (χ0v) is 15.0. The number of aromatic nitrogens is 1. The van der Waals surface area contributed by atoms with Crippen molar-refractivity contribution in [1.82, 2.24) is 4.98 Å². The highest BCUT2D eigenvalue weighted by Crippen LogP contribution is 2.31. The lowest BCUT2D eigenvalue weighted by molar-refractivity contribution is 0.262. The number of rotatable bonds is 6. The van der Waals surface area contributed by atoms with E-state index in [1.54, 1.807) is 38.6 Å². The Morgan fingerprint density at radius 2 is 1.67 bits per heavy atom. The number of ether oxygens (including phenoxy) is 2. The highest BCUT2D eigenvalue weighted by atomic mass is 16.5. The minimum absolute atomic E-state index is 0.333. The number of carbonyl (C=O) groups is 1. The molecular formula is C20H20N4O3. The fraction of sp³-hybridized carbons (Fsp3) is 0.100. The molecule has 138 valence electrons. The van der Waals surface area contributed by atoms with E-state index in [2.05, 4.69) is 20.9 Å². The molecule has 0 aliphatic carbocycles. The molecule has 0 saturated heterocycles. The minimum Gasteiger partial charge on any atom is -0.497 e. The van der Waals surface area contributed by atoms with Crippen LogP contribution in [0, 0.1) is 0 Å². The van der Waals surface area contributed by atoms with Gasteiger partial charge in [0.2, 0.25) is 0 Å². The van der Waals surface area contributed by atoms with E-state index in [9.17, 15) is 4.79 Å². The van der Waals surface area contributed by atoms with Crippen molar-refractivity contribution < 1.29 is 14.3 Å². The van der Waals surface area contributed by atoms with E-state index < -0.39 is 0 Å². The summed E-state index contributed by atoms with van der Waals surface area (Å²) < 4.78 is 10.5. The van der Waals surface area contributed by atoms with Gasteiger partial charge in [-0.25, -0.2) is 9.78 Å². The molecule has 2 aromatic carbocycles. The van der Waals surface area contributed by atoms with Gasteiger partial charge in [0, 0.05) is 11.8 Å². The molecule has 0 radical (unpaired) electrons. The summed E-state index contributed by atoms with van der Waals surface area (Å²) in [5, 5.41) is 8.66. The number of hydrogen-bond acceptors (Lipinski definition) is 5. The summed E-state index contributed by atoms with van der Waals surface area (Å²) >= 11 is 0. The fourth-order valence-electron chi connectivity index (χ4n) is 2.40. The number of pyridine rings is 1. The Morgan fingerprint density at radius 1 is 0.889 bits per heavy atom. The van der Waals surface area contributed by atoms with Crippen molar-refractivity contribution in [2.45, 2.75) is 0 Å². The van der Waals surface area contributed by atoms with Crippen LogP contribution >= 0.6 is 0 Å². The van der Waals surface area contributed by atoms with Gasteiger partial charge in [-0.15, -0.1) is 0 Å². The van der Waals surface area contributed by atoms with Crippen molar-refractivity contribution in [3.05, 3.63) is 66.9 Å². The third-order valence-electron chi connectivity index (χ3n) is 3.72. The van der Waals surface area contributed by atoms with Crippen molar-refractivity contribution in [1.29, 1.82) is 0 Å². The predicted octanol–water partition coefficient (Wildman–Crippen LogP) is 4.49. The Labute approximate surface area is 157 Å². The lowest BCUT2D eigenvalue weighted by Crippen LogP contribution is -2.19. The highest BCUT2D eigenvalue weighted by molar-refractivity contribution is 5.99. The molecule has 0 atom stereocenters. The van der Waals surface area contributed by atoms with Crippen LogP contribution in [-0.2, 0) is 0 Å². The summed E-state index contributed by atoms with van der Waals surface area (Å²) in [6.07, 6.45) is 1.57. The van der Waals surface area contributed by atoms with Crippen LogP contribution < -0.4 is 25.4 Å². The largest absolute Gasteiger partial charge is 0.497 e. The molecule has 1 aromatic heterocycles. The number of para-hydroxylation sites is 1. The summed E-state index contributed by atoms with van der Waals surface area (Å²) in [5.74, 6) is 1.96. The lowest BCUT2D eigenvalue weighted by Gasteiger charge is -2.12. The Hall–Kier alpha value is -3.74. The molecular weight excluding hydrogens is 344 g/mol. The van der Waals surface area contributed by atoms with Crippen LogP contribution in [0.2, 0.25) is 0 Å². The number of nitrogens with one attached hydrogen (secondary N) is 3. The number of amides is 2. The number of anilines is 4. The first kappa shape index (κ1) is 18.1. The zero-order chi connectivity index (χ0) is 19.1. The Balaban J connectivity index is 1.63. The van der Waals surface area contributed by atoms with Crippen LogP contribution in [0.5, 0.6) is 11.5 Å². The molecule has 7 heteroatoms. The quantitative estimate of drug-likeness (QED) is 0.600. The highest BCUT2D eigenvalue weighted by Gasteiger charge is 2.07. The third-order valence-corrected chi connectivity index (χ3v) is 3.72. The minimum atomic E-state index is -0.333. The first-order chi connectivity index (χ1) is 13.2. The molecule has 2 amide bonds. The van der Waals surface area contributed by atoms with E-state index in [1.165, 1.54) is 0 Å². The van der Waals surface area contributed by atoms with Gasteiger partial charge in [-0.3, -0.25) is 0 Å². The maximum absolute atomic E-state index is 12.0. The smallest absolute Gasteiger partial charge is 0.323 e. The summed E-state index contributed by atoms with van der Waals surface area (Å²) in [6.45, 7) is 0. The van der Waals surface area contributed by atoms with Crippen LogP contribution in [0.3, 0.4) is 0 Å². The van der Waals surface area contributed by atoms with E-state index in [1.807, 2.05) is 42.5 Å². The number of methoxy groups -OCH3 is 2. The second-order valence-corrected chi connectivity index (χ2v) is 5.57. The van der Waals surface area contributed by atoms with Gasteiger partial charge in [0.05, 0.1) is 31.8 Å². The van der Waals surface area contributed by atoms with Crippen molar-refractivity contribution in [2.75, 3.05) is 30.2 Å². The van der Waals surface area contributed by atoms with Crippen LogP contribution in [0.15, 0.2) is 66.9 Å². The number of benzene rings is 2. The molecule has 0 unspecified atom stereocenters. The summed E-state index contributed by atoms with van der Waals surface area (Å²) in [5.41, 5.74) is 2.05. The van der Waals surface area contributed by atoms with Gasteiger partial charge in [0.1, 0.15) is 17.3 Å². The first-order valence-electron chi connectivity index (χ1n) is 8.26. The number of carbonyl (C=O) groups excluding carboxylic acids is 1. The number of nitrogens with zero attached hydrogens (tertiary/aromatic N) is 1. The van der Waals surface area contributed by atoms with Gasteiger partial charge in [-0.1, -0.05) is 18.2 Å². The molecule has 3 rings (SSSR count). The van der Waals surface area contributed by atoms with E-state index >= 15 is 0 Å². The Bertz CT molecular complexity index is 899. The van der Waals surface area contributed by atoms with Gasteiger partial charge in [-0.2, -0.15) is 0 Å². The monoisotopic (exact) mass is 364 g/mol. The van der Waals surface area contributed by atoms with Gasteiger partial charge < -0.3 is 25.4 Å². The van der Waals surface area contributed by atoms with Crippen LogP contribution in [0.1, 0.15) is 0 Å². The van der Waals surface area contributed by atoms with Gasteiger partial charge in [0.25, 0.3) is 0 Å². The molecule has 1 heterocycles. The molecule has 0 saturated carbocycles. The lowest BCUT2D eigenvalue weighted by atomic mass is 10.2. The van der Waals surface area contributed by atoms with Crippen LogP contribution in [-0.4, -0.2) is 25.2 Å². The van der Waals surface area contributed by atoms with Gasteiger partial charge in [-0.05, 0) is 36.4 Å². The number of hydrogen-bond donors (Lipinski definition) is 3. The molecule has 7 nitrogen and oxygen atoms in total. The molecule has 0 spiro atoms. The zero-order valence-electron chi connectivity index (χ0n) is 15.0. The third kappa shape index (κ3) is 4.88. The SMILES string of the molecule is COc1ccc(Nc2ccc(NC(=O)Nc3ccccc3)cn2)c(OC)c1. The second kappa shape index (κ2) is 8.57. The van der Waals surface area contributed by atoms with Crippen molar-refractivity contribution in [3.8, 4) is 11.5 Å². The van der Waals surface area contributed by atoms with E-state index in [0.717, 1.165) is 5.69 Å². The van der Waals surface area contributed by atoms with Gasteiger partial charge in [0.15, 0.2) is 0 Å². The summed E-state index contributed by atoms with van der Waals surface area (Å²) in [6, 6.07) is 17.9. The standard InChI is InChI=1S/C20H20N4O3/c1-26-16-9-10-17(18(12-16)27-2)24-19-11-8-15(13-21-19)23-20(25)22-14-6-4-3-5-7-14/h3-13H,1-2H3,(H,21,24)(H2,22,23,25). The Kier molecular flexibility index (Phi) is 5.73. The first-order valence-corrected chi connectivity index (χ1v) is 8.26. The van der Waals surface area contributed by atoms with Crippen LogP contribution in [0.4, 0.5) is 27.7 Å². The molecule has 27 heavy (non-hydrogen) atoms. The van der Waals surface area contributed by atoms with E-state index in [-0.39, 0.29) is 6.03 Å². The van der Waals surface area contributed by atoms with Gasteiger partial charge >= 0.3 is 6.03 Å². The van der Waals surface area contributed by atoms with Crippen molar-refractivity contribution in [3.63, 3.8) is 0 Å². The molecule has 0 aliphatic heterocycles. The summed E-state index contributed by atoms with van der Waals surface area (Å²) in [7, 11) is 3.19. The molecule has 0 fully saturated rings. The molecule has 0 aliphatic rings. The average Bonchev–Trinajstić information content (AvgIpc) is 2.70. The topological polar surface area (TPSA) is 84.5 Å². The normalized spacial score (nSPS) is 10.0. The average molecular weight is 364 g/mol. The Morgan fingerprint density at radius 3 is 2.33 bits per heavy atom. The van der Waals surface area contributed by atoms with E-state index in [0.29, 0.717) is 28.7 Å².